The maximum Gasteiger partial charge on any atom is 0.354 e. The molecule has 0 aliphatic heterocycles. The van der Waals surface area contributed by atoms with Crippen molar-refractivity contribution in [3.8, 4) is 0 Å². The molecule has 0 bridgehead atoms. The van der Waals surface area contributed by atoms with Gasteiger partial charge in [-0.25, -0.2) is 9.78 Å². The highest BCUT2D eigenvalue weighted by molar-refractivity contribution is 5.92. The van der Waals surface area contributed by atoms with E-state index >= 15 is 0 Å². The van der Waals surface area contributed by atoms with E-state index in [1.807, 2.05) is 6.92 Å². The lowest BCUT2D eigenvalue weighted by Gasteiger charge is -2.04. The third-order valence-corrected chi connectivity index (χ3v) is 2.02. The van der Waals surface area contributed by atoms with E-state index in [-0.39, 0.29) is 11.6 Å². The zero-order valence-electron chi connectivity index (χ0n) is 9.06. The average Bonchev–Trinajstić information content (AvgIpc) is 2.26. The van der Waals surface area contributed by atoms with Crippen molar-refractivity contribution in [2.24, 2.45) is 0 Å². The van der Waals surface area contributed by atoms with Crippen molar-refractivity contribution < 1.29 is 14.7 Å². The van der Waals surface area contributed by atoms with Crippen molar-refractivity contribution in [2.75, 3.05) is 5.32 Å². The Morgan fingerprint density at radius 2 is 2.25 bits per heavy atom. The van der Waals surface area contributed by atoms with E-state index in [2.05, 4.69) is 10.3 Å². The van der Waals surface area contributed by atoms with Gasteiger partial charge in [0.1, 0.15) is 5.69 Å². The molecule has 0 unspecified atom stereocenters. The molecule has 0 saturated carbocycles. The molecule has 1 amide bonds. The Balaban J connectivity index is 2.63. The van der Waals surface area contributed by atoms with Gasteiger partial charge in [0.25, 0.3) is 0 Å². The second-order valence-corrected chi connectivity index (χ2v) is 3.39. The number of hydrogen-bond donors (Lipinski definition) is 2. The molecule has 0 aliphatic carbocycles. The minimum Gasteiger partial charge on any atom is -0.477 e. The van der Waals surface area contributed by atoms with Gasteiger partial charge >= 0.3 is 5.97 Å². The first-order chi connectivity index (χ1) is 7.63. The summed E-state index contributed by atoms with van der Waals surface area (Å²) in [6.07, 6.45) is 3.58. The first-order valence-corrected chi connectivity index (χ1v) is 5.12. The van der Waals surface area contributed by atoms with Crippen molar-refractivity contribution in [3.05, 3.63) is 24.0 Å². The molecule has 0 spiro atoms. The van der Waals surface area contributed by atoms with Gasteiger partial charge in [-0.15, -0.1) is 0 Å². The fourth-order valence-corrected chi connectivity index (χ4v) is 1.19. The highest BCUT2D eigenvalue weighted by Crippen LogP contribution is 2.09. The van der Waals surface area contributed by atoms with Gasteiger partial charge in [-0.3, -0.25) is 4.79 Å². The highest BCUT2D eigenvalue weighted by Gasteiger charge is 2.06. The summed E-state index contributed by atoms with van der Waals surface area (Å²) in [5.41, 5.74) is 0.391. The molecule has 0 saturated heterocycles. The Morgan fingerprint density at radius 3 is 2.88 bits per heavy atom. The molecule has 1 aromatic heterocycles. The van der Waals surface area contributed by atoms with E-state index in [0.717, 1.165) is 12.8 Å². The summed E-state index contributed by atoms with van der Waals surface area (Å²) in [6.45, 7) is 2.00. The molecule has 0 aromatic carbocycles. The van der Waals surface area contributed by atoms with Crippen molar-refractivity contribution in [3.63, 3.8) is 0 Å². The molecule has 1 rings (SSSR count). The number of carboxylic acid groups (broad SMARTS) is 1. The van der Waals surface area contributed by atoms with Gasteiger partial charge in [-0.2, -0.15) is 0 Å². The summed E-state index contributed by atoms with van der Waals surface area (Å²) in [7, 11) is 0. The highest BCUT2D eigenvalue weighted by atomic mass is 16.4. The predicted octanol–water partition coefficient (Wildman–Crippen LogP) is 1.91. The molecule has 1 heterocycles. The molecule has 16 heavy (non-hydrogen) atoms. The van der Waals surface area contributed by atoms with Gasteiger partial charge in [-0.05, 0) is 18.6 Å². The summed E-state index contributed by atoms with van der Waals surface area (Å²) in [4.78, 5) is 25.7. The molecule has 0 fully saturated rings. The topological polar surface area (TPSA) is 79.3 Å². The van der Waals surface area contributed by atoms with Crippen molar-refractivity contribution >= 4 is 17.6 Å². The van der Waals surface area contributed by atoms with E-state index < -0.39 is 5.97 Å². The van der Waals surface area contributed by atoms with Crippen LogP contribution in [0.5, 0.6) is 0 Å². The summed E-state index contributed by atoms with van der Waals surface area (Å²) < 4.78 is 0. The van der Waals surface area contributed by atoms with Crippen LogP contribution < -0.4 is 5.32 Å². The van der Waals surface area contributed by atoms with Crippen LogP contribution in [0.2, 0.25) is 0 Å². The number of carbonyl (C=O) groups is 2. The second-order valence-electron chi connectivity index (χ2n) is 3.39. The number of aromatic nitrogens is 1. The van der Waals surface area contributed by atoms with Crippen molar-refractivity contribution in [1.82, 2.24) is 4.98 Å². The molecule has 0 radical (unpaired) electrons. The Kier molecular flexibility index (Phi) is 4.44. The van der Waals surface area contributed by atoms with E-state index in [1.165, 1.54) is 12.3 Å². The molecule has 2 N–H and O–H groups in total. The largest absolute Gasteiger partial charge is 0.477 e. The first-order valence-electron chi connectivity index (χ1n) is 5.12. The minimum atomic E-state index is -1.11. The Morgan fingerprint density at radius 1 is 1.50 bits per heavy atom. The van der Waals surface area contributed by atoms with Crippen molar-refractivity contribution in [1.29, 1.82) is 0 Å². The third-order valence-electron chi connectivity index (χ3n) is 2.02. The van der Waals surface area contributed by atoms with Crippen LogP contribution in [0.4, 0.5) is 5.69 Å². The zero-order chi connectivity index (χ0) is 12.0. The Labute approximate surface area is 93.5 Å². The van der Waals surface area contributed by atoms with Crippen molar-refractivity contribution in [2.45, 2.75) is 26.2 Å². The second kappa shape index (κ2) is 5.85. The fraction of sp³-hybridized carbons (Fsp3) is 0.364. The summed E-state index contributed by atoms with van der Waals surface area (Å²) in [5.74, 6) is -1.21. The maximum absolute atomic E-state index is 11.4. The van der Waals surface area contributed by atoms with Gasteiger partial charge in [0.05, 0.1) is 0 Å². The fourth-order valence-electron chi connectivity index (χ4n) is 1.19. The lowest BCUT2D eigenvalue weighted by atomic mass is 10.2. The number of nitrogens with one attached hydrogen (secondary N) is 1. The van der Waals surface area contributed by atoms with Crippen LogP contribution in [-0.2, 0) is 4.79 Å². The zero-order valence-corrected chi connectivity index (χ0v) is 9.06. The molecule has 0 aliphatic rings. The molecule has 5 nitrogen and oxygen atoms in total. The lowest BCUT2D eigenvalue weighted by Crippen LogP contribution is -2.12. The number of pyridine rings is 1. The summed E-state index contributed by atoms with van der Waals surface area (Å²) in [6, 6.07) is 2.91. The average molecular weight is 222 g/mol. The number of aromatic carboxylic acids is 1. The Hall–Kier alpha value is -1.91. The number of unbranched alkanes of at least 4 members (excludes halogenated alkanes) is 1. The molecule has 0 atom stereocenters. The van der Waals surface area contributed by atoms with E-state index in [4.69, 9.17) is 5.11 Å². The molecule has 86 valence electrons. The van der Waals surface area contributed by atoms with E-state index in [9.17, 15) is 9.59 Å². The van der Waals surface area contributed by atoms with Gasteiger partial charge < -0.3 is 10.4 Å². The van der Waals surface area contributed by atoms with Crippen LogP contribution in [0.1, 0.15) is 36.7 Å². The van der Waals surface area contributed by atoms with Gasteiger partial charge in [0.2, 0.25) is 5.91 Å². The number of nitrogens with zero attached hydrogens (tertiary/aromatic N) is 1. The summed E-state index contributed by atoms with van der Waals surface area (Å²) >= 11 is 0. The van der Waals surface area contributed by atoms with Crippen LogP contribution in [0.3, 0.4) is 0 Å². The smallest absolute Gasteiger partial charge is 0.354 e. The molecular formula is C11H14N2O3. The number of rotatable bonds is 5. The standard InChI is InChI=1S/C11H14N2O3/c1-2-3-4-10(14)13-8-5-6-12-9(7-8)11(15)16/h5-7H,2-4H2,1H3,(H,15,16)(H,12,13,14). The predicted molar refractivity (Wildman–Crippen MR) is 59.4 cm³/mol. The third kappa shape index (κ3) is 3.68. The number of carboxylic acids is 1. The molecule has 5 heteroatoms. The quantitative estimate of drug-likeness (QED) is 0.797. The van der Waals surface area contributed by atoms with Crippen LogP contribution in [0, 0.1) is 0 Å². The Bertz CT molecular complexity index is 391. The van der Waals surface area contributed by atoms with Gasteiger partial charge in [0, 0.05) is 18.3 Å². The normalized spacial score (nSPS) is 9.81. The number of carbonyl (C=O) groups excluding carboxylic acids is 1. The van der Waals surface area contributed by atoms with Gasteiger partial charge in [0.15, 0.2) is 0 Å². The van der Waals surface area contributed by atoms with Crippen LogP contribution >= 0.6 is 0 Å². The SMILES string of the molecule is CCCCC(=O)Nc1ccnc(C(=O)O)c1. The van der Waals surface area contributed by atoms with E-state index in [1.54, 1.807) is 6.07 Å². The maximum atomic E-state index is 11.4. The number of anilines is 1. The number of hydrogen-bond acceptors (Lipinski definition) is 3. The van der Waals surface area contributed by atoms with Crippen LogP contribution in [0.15, 0.2) is 18.3 Å². The van der Waals surface area contributed by atoms with Crippen LogP contribution in [-0.4, -0.2) is 22.0 Å². The number of amides is 1. The molecular weight excluding hydrogens is 208 g/mol. The first kappa shape index (κ1) is 12.2. The lowest BCUT2D eigenvalue weighted by molar-refractivity contribution is -0.116. The van der Waals surface area contributed by atoms with E-state index in [0.29, 0.717) is 12.1 Å². The van der Waals surface area contributed by atoms with Crippen LogP contribution in [0.25, 0.3) is 0 Å². The summed E-state index contributed by atoms with van der Waals surface area (Å²) in [5, 5.41) is 11.3. The minimum absolute atomic E-state index is 0.0757. The molecule has 1 aromatic rings. The van der Waals surface area contributed by atoms with Gasteiger partial charge in [-0.1, -0.05) is 13.3 Å². The monoisotopic (exact) mass is 222 g/mol.